The van der Waals surface area contributed by atoms with E-state index in [-0.39, 0.29) is 11.7 Å². The summed E-state index contributed by atoms with van der Waals surface area (Å²) in [4.78, 5) is 11.3. The molecule has 18 heavy (non-hydrogen) atoms. The Balaban J connectivity index is 2.26. The van der Waals surface area contributed by atoms with Gasteiger partial charge in [0.1, 0.15) is 17.1 Å². The van der Waals surface area contributed by atoms with E-state index in [1.807, 2.05) is 20.8 Å². The molecule has 0 heterocycles. The van der Waals surface area contributed by atoms with Gasteiger partial charge in [0.15, 0.2) is 0 Å². The first kappa shape index (κ1) is 12.7. The van der Waals surface area contributed by atoms with Crippen LogP contribution in [0.5, 0.6) is 11.5 Å². The Labute approximate surface area is 107 Å². The topological polar surface area (TPSA) is 61.6 Å². The molecule has 0 aliphatic heterocycles. The number of nitrogens with two attached hydrogens (primary N) is 1. The van der Waals surface area contributed by atoms with Crippen LogP contribution in [0.15, 0.2) is 18.2 Å². The number of hydrogen-bond acceptors (Lipinski definition) is 3. The summed E-state index contributed by atoms with van der Waals surface area (Å²) in [5, 5.41) is 0. The molecule has 0 aromatic heterocycles. The lowest BCUT2D eigenvalue weighted by molar-refractivity contribution is 0.0996. The number of primary amides is 1. The summed E-state index contributed by atoms with van der Waals surface area (Å²) in [5.41, 5.74) is 5.40. The van der Waals surface area contributed by atoms with Gasteiger partial charge in [-0.25, -0.2) is 0 Å². The number of hydrogen-bond donors (Lipinski definition) is 1. The molecule has 4 heteroatoms. The average Bonchev–Trinajstić information content (AvgIpc) is 2.98. The van der Waals surface area contributed by atoms with E-state index in [4.69, 9.17) is 15.2 Å². The molecule has 1 saturated carbocycles. The Morgan fingerprint density at radius 2 is 1.83 bits per heavy atom. The zero-order valence-corrected chi connectivity index (χ0v) is 11.0. The Morgan fingerprint density at radius 1 is 1.22 bits per heavy atom. The first-order chi connectivity index (χ1) is 8.33. The Kier molecular flexibility index (Phi) is 3.20. The van der Waals surface area contributed by atoms with E-state index in [9.17, 15) is 4.79 Å². The van der Waals surface area contributed by atoms with Crippen molar-refractivity contribution >= 4 is 5.91 Å². The van der Waals surface area contributed by atoms with Crippen LogP contribution in [0.4, 0.5) is 0 Å². The summed E-state index contributed by atoms with van der Waals surface area (Å²) in [6.45, 7) is 5.85. The second kappa shape index (κ2) is 4.52. The molecule has 1 aliphatic carbocycles. The van der Waals surface area contributed by atoms with Crippen molar-refractivity contribution in [3.63, 3.8) is 0 Å². The van der Waals surface area contributed by atoms with Gasteiger partial charge in [0.25, 0.3) is 0 Å². The molecule has 98 valence electrons. The van der Waals surface area contributed by atoms with E-state index in [0.717, 1.165) is 12.8 Å². The number of rotatable bonds is 4. The minimum Gasteiger partial charge on any atom is -0.490 e. The molecule has 1 aromatic rings. The van der Waals surface area contributed by atoms with Crippen molar-refractivity contribution in [1.82, 2.24) is 0 Å². The summed E-state index contributed by atoms with van der Waals surface area (Å²) in [7, 11) is 0. The van der Waals surface area contributed by atoms with Crippen LogP contribution in [-0.4, -0.2) is 17.6 Å². The van der Waals surface area contributed by atoms with Crippen molar-refractivity contribution < 1.29 is 14.3 Å². The summed E-state index contributed by atoms with van der Waals surface area (Å²) in [6.07, 6.45) is 2.41. The van der Waals surface area contributed by atoms with Gasteiger partial charge < -0.3 is 15.2 Å². The monoisotopic (exact) mass is 249 g/mol. The van der Waals surface area contributed by atoms with E-state index >= 15 is 0 Å². The standard InChI is InChI=1S/C14H19NO3/c1-14(2,3)18-12-7-9(13(15)16)6-11(8-12)17-10-4-5-10/h6-8,10H,4-5H2,1-3H3,(H2,15,16). The molecule has 2 N–H and O–H groups in total. The van der Waals surface area contributed by atoms with Crippen molar-refractivity contribution in [3.8, 4) is 11.5 Å². The lowest BCUT2D eigenvalue weighted by atomic mass is 10.1. The lowest BCUT2D eigenvalue weighted by Gasteiger charge is -2.22. The van der Waals surface area contributed by atoms with Crippen molar-refractivity contribution in [2.75, 3.05) is 0 Å². The molecular weight excluding hydrogens is 230 g/mol. The molecule has 0 atom stereocenters. The predicted molar refractivity (Wildman–Crippen MR) is 69.0 cm³/mol. The van der Waals surface area contributed by atoms with Gasteiger partial charge in [0, 0.05) is 11.6 Å². The van der Waals surface area contributed by atoms with E-state index in [0.29, 0.717) is 17.1 Å². The second-order valence-corrected chi connectivity index (χ2v) is 5.59. The molecule has 0 bridgehead atoms. The van der Waals surface area contributed by atoms with Crippen molar-refractivity contribution in [3.05, 3.63) is 23.8 Å². The smallest absolute Gasteiger partial charge is 0.248 e. The second-order valence-electron chi connectivity index (χ2n) is 5.59. The molecule has 1 aliphatic rings. The third kappa shape index (κ3) is 3.65. The number of carbonyl (C=O) groups is 1. The van der Waals surface area contributed by atoms with Crippen LogP contribution in [0, 0.1) is 0 Å². The van der Waals surface area contributed by atoms with E-state index in [2.05, 4.69) is 0 Å². The van der Waals surface area contributed by atoms with Gasteiger partial charge in [-0.05, 0) is 45.7 Å². The first-order valence-electron chi connectivity index (χ1n) is 6.14. The number of ether oxygens (including phenoxy) is 2. The maximum Gasteiger partial charge on any atom is 0.248 e. The molecule has 2 rings (SSSR count). The maximum atomic E-state index is 11.3. The van der Waals surface area contributed by atoms with Gasteiger partial charge in [0.05, 0.1) is 6.10 Å². The molecule has 1 aromatic carbocycles. The predicted octanol–water partition coefficient (Wildman–Crippen LogP) is 2.50. The lowest BCUT2D eigenvalue weighted by Crippen LogP contribution is -2.23. The van der Waals surface area contributed by atoms with Gasteiger partial charge in [-0.15, -0.1) is 0 Å². The van der Waals surface area contributed by atoms with Crippen LogP contribution in [0.25, 0.3) is 0 Å². The summed E-state index contributed by atoms with van der Waals surface area (Å²) in [5.74, 6) is 0.775. The van der Waals surface area contributed by atoms with Gasteiger partial charge in [0.2, 0.25) is 5.91 Å². The highest BCUT2D eigenvalue weighted by molar-refractivity contribution is 5.93. The fourth-order valence-corrected chi connectivity index (χ4v) is 1.57. The minimum atomic E-state index is -0.477. The third-order valence-electron chi connectivity index (χ3n) is 2.42. The average molecular weight is 249 g/mol. The number of carbonyl (C=O) groups excluding carboxylic acids is 1. The largest absolute Gasteiger partial charge is 0.490 e. The quantitative estimate of drug-likeness (QED) is 0.891. The highest BCUT2D eigenvalue weighted by Crippen LogP contribution is 2.31. The van der Waals surface area contributed by atoms with Crippen LogP contribution >= 0.6 is 0 Å². The van der Waals surface area contributed by atoms with Crippen LogP contribution in [0.3, 0.4) is 0 Å². The Bertz CT molecular complexity index is 459. The molecule has 0 radical (unpaired) electrons. The summed E-state index contributed by atoms with van der Waals surface area (Å²) >= 11 is 0. The molecule has 1 fully saturated rings. The minimum absolute atomic E-state index is 0.274. The number of amides is 1. The van der Waals surface area contributed by atoms with Crippen molar-refractivity contribution in [2.45, 2.75) is 45.3 Å². The number of benzene rings is 1. The Hall–Kier alpha value is -1.71. The van der Waals surface area contributed by atoms with Gasteiger partial charge >= 0.3 is 0 Å². The van der Waals surface area contributed by atoms with Crippen molar-refractivity contribution in [1.29, 1.82) is 0 Å². The molecular formula is C14H19NO3. The first-order valence-corrected chi connectivity index (χ1v) is 6.14. The van der Waals surface area contributed by atoms with Crippen molar-refractivity contribution in [2.24, 2.45) is 5.73 Å². The fraction of sp³-hybridized carbons (Fsp3) is 0.500. The summed E-state index contributed by atoms with van der Waals surface area (Å²) in [6, 6.07) is 5.11. The fourth-order valence-electron chi connectivity index (χ4n) is 1.57. The van der Waals surface area contributed by atoms with Crippen LogP contribution in [-0.2, 0) is 0 Å². The zero-order chi connectivity index (χ0) is 13.3. The van der Waals surface area contributed by atoms with E-state index in [1.54, 1.807) is 18.2 Å². The summed E-state index contributed by atoms with van der Waals surface area (Å²) < 4.78 is 11.4. The molecule has 0 spiro atoms. The normalized spacial score (nSPS) is 15.3. The van der Waals surface area contributed by atoms with Crippen LogP contribution in [0.2, 0.25) is 0 Å². The van der Waals surface area contributed by atoms with Crippen LogP contribution in [0.1, 0.15) is 44.0 Å². The molecule has 1 amide bonds. The van der Waals surface area contributed by atoms with E-state index in [1.165, 1.54) is 0 Å². The zero-order valence-electron chi connectivity index (χ0n) is 11.0. The maximum absolute atomic E-state index is 11.3. The van der Waals surface area contributed by atoms with Gasteiger partial charge in [-0.3, -0.25) is 4.79 Å². The molecule has 4 nitrogen and oxygen atoms in total. The van der Waals surface area contributed by atoms with Gasteiger partial charge in [-0.1, -0.05) is 0 Å². The van der Waals surface area contributed by atoms with E-state index < -0.39 is 5.91 Å². The highest BCUT2D eigenvalue weighted by atomic mass is 16.5. The third-order valence-corrected chi connectivity index (χ3v) is 2.42. The highest BCUT2D eigenvalue weighted by Gasteiger charge is 2.24. The van der Waals surface area contributed by atoms with Gasteiger partial charge in [-0.2, -0.15) is 0 Å². The molecule has 0 saturated heterocycles. The SMILES string of the molecule is CC(C)(C)Oc1cc(OC2CC2)cc(C(N)=O)c1. The van der Waals surface area contributed by atoms with Crippen LogP contribution < -0.4 is 15.2 Å². The Morgan fingerprint density at radius 3 is 2.33 bits per heavy atom. The molecule has 0 unspecified atom stereocenters.